The smallest absolute Gasteiger partial charge is 0.244 e. The van der Waals surface area contributed by atoms with E-state index in [1.807, 2.05) is 36.0 Å². The highest BCUT2D eigenvalue weighted by Gasteiger charge is 2.31. The second kappa shape index (κ2) is 7.24. The van der Waals surface area contributed by atoms with Crippen molar-refractivity contribution < 1.29 is 9.84 Å². The molecular formula is C21H25N7O2. The summed E-state index contributed by atoms with van der Waals surface area (Å²) in [5.41, 5.74) is 2.12. The molecule has 0 aromatic carbocycles. The molecule has 0 aliphatic heterocycles. The summed E-state index contributed by atoms with van der Waals surface area (Å²) in [6, 6.07) is 2.22. The zero-order valence-electron chi connectivity index (χ0n) is 17.1. The van der Waals surface area contributed by atoms with Crippen molar-refractivity contribution in [1.29, 1.82) is 0 Å². The molecule has 0 spiro atoms. The molecule has 1 fully saturated rings. The lowest BCUT2D eigenvalue weighted by Gasteiger charge is -2.35. The average Bonchev–Trinajstić information content (AvgIpc) is 3.41. The van der Waals surface area contributed by atoms with Crippen LogP contribution in [-0.2, 0) is 0 Å². The van der Waals surface area contributed by atoms with E-state index < -0.39 is 5.60 Å². The van der Waals surface area contributed by atoms with Crippen LogP contribution in [0.15, 0.2) is 37.1 Å². The number of hydrogen-bond donors (Lipinski definition) is 2. The van der Waals surface area contributed by atoms with E-state index >= 15 is 0 Å². The van der Waals surface area contributed by atoms with E-state index in [-0.39, 0.29) is 6.04 Å². The normalized spacial score (nSPS) is 21.9. The summed E-state index contributed by atoms with van der Waals surface area (Å²) in [5, 5.41) is 18.5. The Morgan fingerprint density at radius 3 is 2.87 bits per heavy atom. The largest absolute Gasteiger partial charge is 0.479 e. The van der Waals surface area contributed by atoms with Crippen LogP contribution in [0.3, 0.4) is 0 Å². The van der Waals surface area contributed by atoms with Gasteiger partial charge in [0.05, 0.1) is 12.7 Å². The molecule has 4 aromatic heterocycles. The number of imidazole rings is 1. The molecule has 30 heavy (non-hydrogen) atoms. The monoisotopic (exact) mass is 407 g/mol. The zero-order chi connectivity index (χ0) is 20.7. The van der Waals surface area contributed by atoms with Crippen LogP contribution in [0.1, 0.15) is 39.0 Å². The predicted octanol–water partition coefficient (Wildman–Crippen LogP) is 2.94. The Bertz CT molecular complexity index is 1190. The van der Waals surface area contributed by atoms with Gasteiger partial charge in [0.25, 0.3) is 0 Å². The van der Waals surface area contributed by atoms with Gasteiger partial charge in [-0.1, -0.05) is 6.92 Å². The maximum absolute atomic E-state index is 10.5. The maximum atomic E-state index is 10.5. The summed E-state index contributed by atoms with van der Waals surface area (Å²) in [6.07, 6.45) is 13.4. The molecule has 0 bridgehead atoms. The lowest BCUT2D eigenvalue weighted by molar-refractivity contribution is -0.00199. The number of nitrogens with one attached hydrogen (secondary N) is 1. The minimum Gasteiger partial charge on any atom is -0.479 e. The first-order valence-electron chi connectivity index (χ1n) is 10.3. The molecule has 1 saturated carbocycles. The van der Waals surface area contributed by atoms with Gasteiger partial charge in [0, 0.05) is 48.2 Å². The van der Waals surface area contributed by atoms with Crippen LogP contribution in [0.2, 0.25) is 0 Å². The van der Waals surface area contributed by atoms with Crippen LogP contribution in [-0.4, -0.2) is 52.8 Å². The van der Waals surface area contributed by atoms with Gasteiger partial charge in [-0.15, -0.1) is 5.10 Å². The van der Waals surface area contributed by atoms with Gasteiger partial charge < -0.3 is 15.2 Å². The topological polar surface area (TPSA) is 102 Å². The van der Waals surface area contributed by atoms with E-state index in [0.717, 1.165) is 48.7 Å². The van der Waals surface area contributed by atoms with Gasteiger partial charge in [0.15, 0.2) is 0 Å². The van der Waals surface area contributed by atoms with Crippen molar-refractivity contribution >= 4 is 17.2 Å². The molecule has 4 aromatic rings. The Balaban J connectivity index is 1.46. The summed E-state index contributed by atoms with van der Waals surface area (Å²) in [7, 11) is 1.61. The van der Waals surface area contributed by atoms with Gasteiger partial charge in [-0.2, -0.15) is 4.98 Å². The van der Waals surface area contributed by atoms with Crippen molar-refractivity contribution in [3.05, 3.63) is 37.1 Å². The molecule has 0 atom stereocenters. The number of anilines is 1. The van der Waals surface area contributed by atoms with E-state index in [0.29, 0.717) is 17.6 Å². The summed E-state index contributed by atoms with van der Waals surface area (Å²) in [6.45, 7) is 2.04. The molecule has 1 aliphatic carbocycles. The number of rotatable bonds is 5. The van der Waals surface area contributed by atoms with Crippen molar-refractivity contribution in [1.82, 2.24) is 29.0 Å². The first kappa shape index (κ1) is 18.8. The molecule has 1 aliphatic rings. The number of nitrogens with zero attached hydrogens (tertiary/aromatic N) is 6. The Kier molecular flexibility index (Phi) is 4.54. The van der Waals surface area contributed by atoms with E-state index in [4.69, 9.17) is 4.74 Å². The Morgan fingerprint density at radius 1 is 1.27 bits per heavy atom. The minimum absolute atomic E-state index is 0.238. The van der Waals surface area contributed by atoms with Gasteiger partial charge in [-0.25, -0.2) is 14.5 Å². The molecule has 0 unspecified atom stereocenters. The summed E-state index contributed by atoms with van der Waals surface area (Å²) >= 11 is 0. The van der Waals surface area contributed by atoms with E-state index in [1.165, 1.54) is 0 Å². The molecule has 156 valence electrons. The maximum Gasteiger partial charge on any atom is 0.244 e. The lowest BCUT2D eigenvalue weighted by Crippen LogP contribution is -2.38. The van der Waals surface area contributed by atoms with Crippen molar-refractivity contribution in [3.8, 4) is 17.0 Å². The quantitative estimate of drug-likeness (QED) is 0.524. The van der Waals surface area contributed by atoms with Gasteiger partial charge in [0.1, 0.15) is 5.52 Å². The molecule has 2 N–H and O–H groups in total. The Labute approximate surface area is 173 Å². The molecule has 0 amide bonds. The number of ether oxygens (including phenoxy) is 1. The van der Waals surface area contributed by atoms with Gasteiger partial charge >= 0.3 is 0 Å². The van der Waals surface area contributed by atoms with Crippen LogP contribution in [0.5, 0.6) is 5.88 Å². The minimum atomic E-state index is -0.527. The van der Waals surface area contributed by atoms with Crippen LogP contribution in [0, 0.1) is 0 Å². The van der Waals surface area contributed by atoms with Crippen molar-refractivity contribution in [3.63, 3.8) is 0 Å². The third-order valence-corrected chi connectivity index (χ3v) is 6.14. The third kappa shape index (κ3) is 3.24. The third-order valence-electron chi connectivity index (χ3n) is 6.14. The highest BCUT2D eigenvalue weighted by Crippen LogP contribution is 2.34. The van der Waals surface area contributed by atoms with Crippen LogP contribution < -0.4 is 10.1 Å². The van der Waals surface area contributed by atoms with Gasteiger partial charge in [-0.3, -0.25) is 4.40 Å². The Morgan fingerprint density at radius 2 is 2.10 bits per heavy atom. The van der Waals surface area contributed by atoms with Crippen molar-refractivity contribution in [2.75, 3.05) is 12.4 Å². The molecule has 0 saturated heterocycles. The highest BCUT2D eigenvalue weighted by molar-refractivity contribution is 5.84. The highest BCUT2D eigenvalue weighted by atomic mass is 16.5. The number of fused-ring (bicyclic) bond motifs is 2. The fourth-order valence-corrected chi connectivity index (χ4v) is 4.22. The van der Waals surface area contributed by atoms with Crippen LogP contribution in [0.25, 0.3) is 22.4 Å². The lowest BCUT2D eigenvalue weighted by atomic mass is 9.80. The number of methoxy groups -OCH3 is 1. The van der Waals surface area contributed by atoms with E-state index in [9.17, 15) is 5.11 Å². The summed E-state index contributed by atoms with van der Waals surface area (Å²) < 4.78 is 9.27. The fourth-order valence-electron chi connectivity index (χ4n) is 4.22. The Hall–Kier alpha value is -3.20. The molecular weight excluding hydrogens is 382 g/mol. The molecule has 0 radical (unpaired) electrons. The van der Waals surface area contributed by atoms with Crippen LogP contribution >= 0.6 is 0 Å². The molecule has 9 nitrogen and oxygen atoms in total. The first-order valence-corrected chi connectivity index (χ1v) is 10.3. The van der Waals surface area contributed by atoms with Gasteiger partial charge in [-0.05, 0) is 38.2 Å². The second-order valence-corrected chi connectivity index (χ2v) is 7.94. The molecule has 9 heteroatoms. The number of aromatic nitrogens is 6. The fraction of sp³-hybridized carbons (Fsp3) is 0.429. The predicted molar refractivity (Wildman–Crippen MR) is 113 cm³/mol. The first-order chi connectivity index (χ1) is 14.6. The molecule has 5 rings (SSSR count). The zero-order valence-corrected chi connectivity index (χ0v) is 17.1. The van der Waals surface area contributed by atoms with E-state index in [2.05, 4.69) is 25.4 Å². The van der Waals surface area contributed by atoms with Crippen LogP contribution in [0.4, 0.5) is 5.95 Å². The average molecular weight is 407 g/mol. The summed E-state index contributed by atoms with van der Waals surface area (Å²) in [5.74, 6) is 1.68. The van der Waals surface area contributed by atoms with Crippen molar-refractivity contribution in [2.24, 2.45) is 0 Å². The van der Waals surface area contributed by atoms with E-state index in [1.54, 1.807) is 24.0 Å². The number of hydrogen-bond acceptors (Lipinski definition) is 7. The van der Waals surface area contributed by atoms with Crippen molar-refractivity contribution in [2.45, 2.75) is 50.7 Å². The van der Waals surface area contributed by atoms with Gasteiger partial charge in [0.2, 0.25) is 17.6 Å². The SMILES string of the molecule is CCC1(O)CCC(Nc2nc(OC)c3c(-c4cnc5nccn5c4)ccn3n2)CC1. The molecule has 4 heterocycles. The number of aliphatic hydroxyl groups is 1. The standard InChI is InChI=1S/C21H25N7O2/c1-3-21(29)7-4-15(5-8-21)24-19-25-18(30-2)17-16(6-10-28(17)26-19)14-12-23-20-22-9-11-27(20)13-14/h6,9-13,15,29H,3-5,7-8H2,1-2H3,(H,24,26). The second-order valence-electron chi connectivity index (χ2n) is 7.94. The summed E-state index contributed by atoms with van der Waals surface area (Å²) in [4.78, 5) is 13.2.